The fourth-order valence-electron chi connectivity index (χ4n) is 5.95. The van der Waals surface area contributed by atoms with Crippen LogP contribution in [0.5, 0.6) is 5.75 Å². The lowest BCUT2D eigenvalue weighted by Crippen LogP contribution is -2.57. The van der Waals surface area contributed by atoms with Gasteiger partial charge in [0.1, 0.15) is 17.8 Å². The van der Waals surface area contributed by atoms with Crippen LogP contribution in [0.3, 0.4) is 0 Å². The molecule has 0 spiro atoms. The van der Waals surface area contributed by atoms with Crippen molar-refractivity contribution < 1.29 is 37.3 Å². The molecule has 2 aliphatic heterocycles. The highest BCUT2D eigenvalue weighted by molar-refractivity contribution is 5.87. The second kappa shape index (κ2) is 12.5. The van der Waals surface area contributed by atoms with Gasteiger partial charge >= 0.3 is 6.18 Å². The molecule has 0 radical (unpaired) electrons. The van der Waals surface area contributed by atoms with Crippen LogP contribution in [0, 0.1) is 17.7 Å². The van der Waals surface area contributed by atoms with Crippen molar-refractivity contribution in [3.05, 3.63) is 59.4 Å². The summed E-state index contributed by atoms with van der Waals surface area (Å²) < 4.78 is 61.2. The summed E-state index contributed by atoms with van der Waals surface area (Å²) in [4.78, 5) is 18.2. The summed E-state index contributed by atoms with van der Waals surface area (Å²) in [7, 11) is 4.80. The number of anilines is 1. The molecule has 2 aromatic carbocycles. The number of likely N-dealkylation sites (tertiary alicyclic amines) is 1. The second-order valence-corrected chi connectivity index (χ2v) is 11.4. The van der Waals surface area contributed by atoms with Gasteiger partial charge in [-0.05, 0) is 87.9 Å². The molecule has 226 valence electrons. The van der Waals surface area contributed by atoms with Gasteiger partial charge in [-0.3, -0.25) is 9.69 Å². The maximum atomic E-state index is 14.1. The number of alkyl halides is 3. The molecule has 2 atom stereocenters. The van der Waals surface area contributed by atoms with Crippen molar-refractivity contribution in [2.45, 2.75) is 50.1 Å². The monoisotopic (exact) mass is 581 g/mol. The Morgan fingerprint density at radius 2 is 1.56 bits per heavy atom. The SMILES string of the molecule is COc1cc(F)cc(C(O)(C(=O)N2CCC(CC3CCN(c4ccc(C(O)N(C)C)cc4)CC3)CC2)C(F)(F)F)c1. The Bertz CT molecular complexity index is 1180. The van der Waals surface area contributed by atoms with E-state index >= 15 is 0 Å². The van der Waals surface area contributed by atoms with Crippen LogP contribution in [0.1, 0.15) is 49.5 Å². The van der Waals surface area contributed by atoms with E-state index in [9.17, 15) is 32.6 Å². The molecule has 2 fully saturated rings. The smallest absolute Gasteiger partial charge is 0.430 e. The predicted octanol–water partition coefficient (Wildman–Crippen LogP) is 4.68. The third-order valence-corrected chi connectivity index (χ3v) is 8.47. The first-order valence-electron chi connectivity index (χ1n) is 14.0. The zero-order valence-corrected chi connectivity index (χ0v) is 23.7. The van der Waals surface area contributed by atoms with E-state index < -0.39 is 35.3 Å². The van der Waals surface area contributed by atoms with Gasteiger partial charge in [-0.1, -0.05) is 12.1 Å². The molecule has 0 bridgehead atoms. The van der Waals surface area contributed by atoms with Gasteiger partial charge < -0.3 is 24.7 Å². The third kappa shape index (κ3) is 6.79. The minimum absolute atomic E-state index is 0.0956. The average molecular weight is 582 g/mol. The fraction of sp³-hybridized carbons (Fsp3) is 0.567. The van der Waals surface area contributed by atoms with Gasteiger partial charge in [-0.25, -0.2) is 4.39 Å². The molecular weight excluding hydrogens is 542 g/mol. The molecule has 7 nitrogen and oxygen atoms in total. The Balaban J connectivity index is 1.31. The zero-order valence-electron chi connectivity index (χ0n) is 23.7. The average Bonchev–Trinajstić information content (AvgIpc) is 2.95. The summed E-state index contributed by atoms with van der Waals surface area (Å²) >= 11 is 0. The Kier molecular flexibility index (Phi) is 9.50. The van der Waals surface area contributed by atoms with Crippen molar-refractivity contribution in [3.8, 4) is 5.75 Å². The summed E-state index contributed by atoms with van der Waals surface area (Å²) in [5.74, 6) is -2.00. The van der Waals surface area contributed by atoms with Crippen LogP contribution >= 0.6 is 0 Å². The molecule has 4 rings (SSSR count). The fourth-order valence-corrected chi connectivity index (χ4v) is 5.95. The Morgan fingerprint density at radius 1 is 1.00 bits per heavy atom. The summed E-state index contributed by atoms with van der Waals surface area (Å²) in [6.45, 7) is 1.98. The summed E-state index contributed by atoms with van der Waals surface area (Å²) in [5.41, 5.74) is -2.82. The molecule has 11 heteroatoms. The first-order valence-corrected chi connectivity index (χ1v) is 14.0. The number of hydrogen-bond donors (Lipinski definition) is 2. The molecule has 1 amide bonds. The third-order valence-electron chi connectivity index (χ3n) is 8.47. The number of carbonyl (C=O) groups excluding carboxylic acids is 1. The van der Waals surface area contributed by atoms with Gasteiger partial charge in [-0.15, -0.1) is 0 Å². The molecule has 0 aliphatic carbocycles. The predicted molar refractivity (Wildman–Crippen MR) is 147 cm³/mol. The number of halogens is 4. The number of amides is 1. The lowest BCUT2D eigenvalue weighted by Gasteiger charge is -2.40. The van der Waals surface area contributed by atoms with Gasteiger partial charge in [-0.2, -0.15) is 13.2 Å². The number of rotatable bonds is 8. The number of carbonyl (C=O) groups is 1. The van der Waals surface area contributed by atoms with E-state index in [1.807, 2.05) is 38.4 Å². The van der Waals surface area contributed by atoms with Crippen molar-refractivity contribution in [2.75, 3.05) is 52.3 Å². The van der Waals surface area contributed by atoms with Crippen LogP contribution < -0.4 is 9.64 Å². The molecule has 2 unspecified atom stereocenters. The quantitative estimate of drug-likeness (QED) is 0.348. The molecule has 2 aliphatic rings. The normalized spacial score (nSPS) is 19.8. The molecule has 2 N–H and O–H groups in total. The largest absolute Gasteiger partial charge is 0.497 e. The van der Waals surface area contributed by atoms with Crippen molar-refractivity contribution in [3.63, 3.8) is 0 Å². The van der Waals surface area contributed by atoms with E-state index in [0.717, 1.165) is 67.7 Å². The summed E-state index contributed by atoms with van der Waals surface area (Å²) in [6, 6.07) is 10.2. The first-order chi connectivity index (χ1) is 19.3. The number of nitrogens with zero attached hydrogens (tertiary/aromatic N) is 3. The Hall–Kier alpha value is -2.89. The van der Waals surface area contributed by atoms with E-state index in [1.165, 1.54) is 0 Å². The Labute approximate surface area is 238 Å². The minimum Gasteiger partial charge on any atom is -0.497 e. The van der Waals surface area contributed by atoms with Crippen LogP contribution in [0.4, 0.5) is 23.2 Å². The van der Waals surface area contributed by atoms with Crippen molar-refractivity contribution in [1.82, 2.24) is 9.80 Å². The van der Waals surface area contributed by atoms with Gasteiger partial charge in [0.05, 0.1) is 7.11 Å². The van der Waals surface area contributed by atoms with Gasteiger partial charge in [0.15, 0.2) is 0 Å². The van der Waals surface area contributed by atoms with E-state index in [4.69, 9.17) is 4.74 Å². The second-order valence-electron chi connectivity index (χ2n) is 11.4. The molecule has 0 saturated carbocycles. The maximum absolute atomic E-state index is 14.1. The van der Waals surface area contributed by atoms with Crippen LogP contribution in [0.2, 0.25) is 0 Å². The van der Waals surface area contributed by atoms with E-state index in [2.05, 4.69) is 4.90 Å². The zero-order chi connectivity index (χ0) is 29.9. The van der Waals surface area contributed by atoms with E-state index in [-0.39, 0.29) is 24.8 Å². The highest BCUT2D eigenvalue weighted by Crippen LogP contribution is 2.43. The maximum Gasteiger partial charge on any atom is 0.430 e. The number of ether oxygens (including phenoxy) is 1. The molecular formula is C30H39F4N3O4. The highest BCUT2D eigenvalue weighted by Gasteiger charge is 2.62. The van der Waals surface area contributed by atoms with Crippen LogP contribution in [-0.4, -0.2) is 79.5 Å². The summed E-state index contributed by atoms with van der Waals surface area (Å²) in [5, 5.41) is 20.9. The van der Waals surface area contributed by atoms with Crippen molar-refractivity contribution in [2.24, 2.45) is 11.8 Å². The van der Waals surface area contributed by atoms with Crippen molar-refractivity contribution >= 4 is 11.6 Å². The van der Waals surface area contributed by atoms with Crippen LogP contribution in [0.25, 0.3) is 0 Å². The van der Waals surface area contributed by atoms with Crippen LogP contribution in [-0.2, 0) is 10.4 Å². The minimum atomic E-state index is -5.35. The van der Waals surface area contributed by atoms with Gasteiger partial charge in [0.2, 0.25) is 0 Å². The van der Waals surface area contributed by atoms with Crippen molar-refractivity contribution in [1.29, 1.82) is 0 Å². The van der Waals surface area contributed by atoms with E-state index in [1.54, 1.807) is 4.90 Å². The molecule has 41 heavy (non-hydrogen) atoms. The molecule has 0 aromatic heterocycles. The first kappa shape index (κ1) is 31.1. The molecule has 2 saturated heterocycles. The van der Waals surface area contributed by atoms with E-state index in [0.29, 0.717) is 24.8 Å². The number of piperidine rings is 2. The molecule has 2 heterocycles. The number of aliphatic hydroxyl groups is 2. The van der Waals surface area contributed by atoms with Gasteiger partial charge in [0.25, 0.3) is 11.5 Å². The topological polar surface area (TPSA) is 76.5 Å². The number of aliphatic hydroxyl groups excluding tert-OH is 1. The van der Waals surface area contributed by atoms with Crippen LogP contribution in [0.15, 0.2) is 42.5 Å². The summed E-state index contributed by atoms with van der Waals surface area (Å²) in [6.07, 6.45) is -1.98. The lowest BCUT2D eigenvalue weighted by molar-refractivity contribution is -0.262. The number of benzene rings is 2. The lowest BCUT2D eigenvalue weighted by atomic mass is 9.82. The highest BCUT2D eigenvalue weighted by atomic mass is 19.4. The standard InChI is InChI=1S/C30H39F4N3O4/c1-35(2)27(38)22-4-6-25(7-5-22)36-12-8-20(9-13-36)16-21-10-14-37(15-11-21)28(39)29(40,30(32,33)34)23-17-24(31)19-26(18-23)41-3/h4-7,17-21,27,38,40H,8-16H2,1-3H3. The molecule has 2 aromatic rings. The number of methoxy groups -OCH3 is 1. The number of hydrogen-bond acceptors (Lipinski definition) is 6. The Morgan fingerprint density at radius 3 is 2.07 bits per heavy atom. The van der Waals surface area contributed by atoms with Gasteiger partial charge in [0, 0.05) is 43.5 Å².